The van der Waals surface area contributed by atoms with Gasteiger partial charge in [-0.15, -0.1) is 10.2 Å². The molecule has 2 aromatic rings. The summed E-state index contributed by atoms with van der Waals surface area (Å²) in [7, 11) is -3.00. The Bertz CT molecular complexity index is 902. The number of nitrogens with zero attached hydrogens (tertiary/aromatic N) is 3. The molecular weight excluding hydrogens is 432 g/mol. The van der Waals surface area contributed by atoms with Crippen molar-refractivity contribution < 1.29 is 8.42 Å². The van der Waals surface area contributed by atoms with Crippen molar-refractivity contribution in [1.29, 1.82) is 0 Å². The molecule has 178 valence electrons. The van der Waals surface area contributed by atoms with Crippen molar-refractivity contribution in [3.8, 4) is 0 Å². The number of sulfone groups is 1. The molecule has 6 nitrogen and oxygen atoms in total. The zero-order valence-corrected chi connectivity index (χ0v) is 21.4. The average Bonchev–Trinajstić information content (AvgIpc) is 3.23. The first-order valence-electron chi connectivity index (χ1n) is 12.0. The van der Waals surface area contributed by atoms with Crippen LogP contribution in [-0.2, 0) is 15.3 Å². The van der Waals surface area contributed by atoms with E-state index in [1.807, 2.05) is 6.92 Å². The van der Waals surface area contributed by atoms with Crippen molar-refractivity contribution in [2.24, 2.45) is 0 Å². The molecule has 0 aliphatic heterocycles. The van der Waals surface area contributed by atoms with Crippen molar-refractivity contribution >= 4 is 27.1 Å². The van der Waals surface area contributed by atoms with E-state index in [1.165, 1.54) is 44.9 Å². The second-order valence-electron chi connectivity index (χ2n) is 9.53. The molecule has 0 aliphatic carbocycles. The van der Waals surface area contributed by atoms with Gasteiger partial charge in [0.2, 0.25) is 0 Å². The Morgan fingerprint density at radius 3 is 2.03 bits per heavy atom. The summed E-state index contributed by atoms with van der Waals surface area (Å²) in [5.74, 6) is 1.30. The van der Waals surface area contributed by atoms with Gasteiger partial charge in [0.15, 0.2) is 5.65 Å². The Morgan fingerprint density at radius 2 is 1.45 bits per heavy atom. The maximum absolute atomic E-state index is 12.4. The number of hydrogen-bond acceptors (Lipinski definition) is 4. The third-order valence-corrected chi connectivity index (χ3v) is 8.39. The van der Waals surface area contributed by atoms with Crippen molar-refractivity contribution in [2.75, 3.05) is 11.5 Å². The third kappa shape index (κ3) is 8.08. The minimum absolute atomic E-state index is 0.240. The minimum atomic E-state index is -3.00. The van der Waals surface area contributed by atoms with Gasteiger partial charge in [0, 0.05) is 5.41 Å². The van der Waals surface area contributed by atoms with Crippen LogP contribution in [0.15, 0.2) is 0 Å². The zero-order chi connectivity index (χ0) is 22.9. The summed E-state index contributed by atoms with van der Waals surface area (Å²) in [6.45, 7) is 8.27. The van der Waals surface area contributed by atoms with Crippen LogP contribution in [0.4, 0.5) is 0 Å². The van der Waals surface area contributed by atoms with Gasteiger partial charge >= 0.3 is 0 Å². The van der Waals surface area contributed by atoms with E-state index in [0.717, 1.165) is 37.2 Å². The number of rotatable bonds is 16. The van der Waals surface area contributed by atoms with Crippen LogP contribution < -0.4 is 0 Å². The fraction of sp³-hybridized carbons (Fsp3) is 0.826. The fourth-order valence-corrected chi connectivity index (χ4v) is 5.98. The van der Waals surface area contributed by atoms with Crippen LogP contribution >= 0.6 is 11.6 Å². The molecule has 0 radical (unpaired) electrons. The highest BCUT2D eigenvalue weighted by Crippen LogP contribution is 2.35. The van der Waals surface area contributed by atoms with Gasteiger partial charge < -0.3 is 0 Å². The molecule has 0 fully saturated rings. The molecule has 0 bridgehead atoms. The predicted molar refractivity (Wildman–Crippen MR) is 130 cm³/mol. The third-order valence-electron chi connectivity index (χ3n) is 6.21. The topological polar surface area (TPSA) is 80.1 Å². The highest BCUT2D eigenvalue weighted by atomic mass is 35.5. The van der Waals surface area contributed by atoms with Crippen LogP contribution in [0.25, 0.3) is 5.65 Å². The Balaban J connectivity index is 1.66. The van der Waals surface area contributed by atoms with Crippen molar-refractivity contribution in [2.45, 2.75) is 110 Å². The normalized spacial score (nSPS) is 12.8. The lowest BCUT2D eigenvalue weighted by Crippen LogP contribution is -2.21. The summed E-state index contributed by atoms with van der Waals surface area (Å²) in [5.41, 5.74) is 1.24. The molecule has 2 aromatic heterocycles. The lowest BCUT2D eigenvalue weighted by Gasteiger charge is -2.23. The Hall–Kier alpha value is -1.08. The molecule has 1 N–H and O–H groups in total. The summed E-state index contributed by atoms with van der Waals surface area (Å²) in [6.07, 6.45) is 13.5. The first kappa shape index (κ1) is 26.2. The Labute approximate surface area is 193 Å². The largest absolute Gasteiger partial charge is 0.293 e. The second kappa shape index (κ2) is 12.2. The summed E-state index contributed by atoms with van der Waals surface area (Å²) >= 11 is 6.50. The summed E-state index contributed by atoms with van der Waals surface area (Å²) in [5, 5.41) is 12.0. The number of H-pyrrole nitrogens is 1. The van der Waals surface area contributed by atoms with Crippen LogP contribution in [0.1, 0.15) is 109 Å². The highest BCUT2D eigenvalue weighted by Gasteiger charge is 2.28. The molecule has 31 heavy (non-hydrogen) atoms. The molecular formula is C23H41ClN4O2S. The lowest BCUT2D eigenvalue weighted by molar-refractivity contribution is 0.455. The number of aryl methyl sites for hydroxylation is 1. The maximum Gasteiger partial charge on any atom is 0.196 e. The Morgan fingerprint density at radius 1 is 0.903 bits per heavy atom. The second-order valence-corrected chi connectivity index (χ2v) is 12.2. The van der Waals surface area contributed by atoms with E-state index in [0.29, 0.717) is 22.8 Å². The average molecular weight is 473 g/mol. The molecule has 0 atom stereocenters. The number of aromatic amines is 1. The maximum atomic E-state index is 12.4. The number of fused-ring (bicyclic) bond motifs is 1. The molecule has 0 amide bonds. The fourth-order valence-electron chi connectivity index (χ4n) is 4.13. The standard InChI is InChI=1S/C23H41ClN4O2S/c1-5-6-7-8-9-10-11-12-13-14-17-31(29,30)18-15-16-23(3,4)21-20(24)22-26-25-19(2)28(22)27-21/h27H,5-18H2,1-4H3. The van der Waals surface area contributed by atoms with Crippen molar-refractivity contribution in [1.82, 2.24) is 19.8 Å². The quantitative estimate of drug-likeness (QED) is 0.286. The number of unbranched alkanes of at least 4 members (excludes halogenated alkanes) is 9. The van der Waals surface area contributed by atoms with E-state index in [1.54, 1.807) is 4.52 Å². The number of halogens is 1. The Kier molecular flexibility index (Phi) is 10.3. The van der Waals surface area contributed by atoms with Crippen molar-refractivity contribution in [3.05, 3.63) is 16.5 Å². The molecule has 0 saturated carbocycles. The van der Waals surface area contributed by atoms with E-state index >= 15 is 0 Å². The van der Waals surface area contributed by atoms with E-state index in [2.05, 4.69) is 36.1 Å². The van der Waals surface area contributed by atoms with E-state index in [4.69, 9.17) is 11.6 Å². The number of nitrogens with one attached hydrogen (secondary N) is 1. The molecule has 0 saturated heterocycles. The van der Waals surface area contributed by atoms with Gasteiger partial charge in [-0.25, -0.2) is 12.9 Å². The van der Waals surface area contributed by atoms with Crippen LogP contribution in [0.5, 0.6) is 0 Å². The predicted octanol–water partition coefficient (Wildman–Crippen LogP) is 6.41. The summed E-state index contributed by atoms with van der Waals surface area (Å²) in [6, 6.07) is 0. The van der Waals surface area contributed by atoms with Gasteiger partial charge in [0.05, 0.1) is 17.2 Å². The molecule has 0 aliphatic rings. The van der Waals surface area contributed by atoms with Crippen LogP contribution in [0.2, 0.25) is 5.02 Å². The lowest BCUT2D eigenvalue weighted by atomic mass is 9.84. The first-order valence-corrected chi connectivity index (χ1v) is 14.2. The van der Waals surface area contributed by atoms with Gasteiger partial charge in [0.25, 0.3) is 0 Å². The smallest absolute Gasteiger partial charge is 0.196 e. The van der Waals surface area contributed by atoms with Gasteiger partial charge in [-0.05, 0) is 26.2 Å². The van der Waals surface area contributed by atoms with Crippen molar-refractivity contribution in [3.63, 3.8) is 0 Å². The zero-order valence-electron chi connectivity index (χ0n) is 19.8. The molecule has 0 unspecified atom stereocenters. The SMILES string of the molecule is CCCCCCCCCCCCS(=O)(=O)CCCC(C)(C)c1[nH]n2c(C)nnc2c1Cl. The van der Waals surface area contributed by atoms with E-state index in [9.17, 15) is 8.42 Å². The van der Waals surface area contributed by atoms with Gasteiger partial charge in [-0.3, -0.25) is 5.10 Å². The number of hydrogen-bond donors (Lipinski definition) is 1. The molecule has 0 spiro atoms. The van der Waals surface area contributed by atoms with Gasteiger partial charge in [-0.2, -0.15) is 0 Å². The molecule has 8 heteroatoms. The van der Waals surface area contributed by atoms with Crippen LogP contribution in [0.3, 0.4) is 0 Å². The van der Waals surface area contributed by atoms with E-state index < -0.39 is 9.84 Å². The van der Waals surface area contributed by atoms with Gasteiger partial charge in [-0.1, -0.05) is 90.2 Å². The summed E-state index contributed by atoms with van der Waals surface area (Å²) in [4.78, 5) is 0. The monoisotopic (exact) mass is 472 g/mol. The number of aromatic nitrogens is 4. The molecule has 0 aromatic carbocycles. The minimum Gasteiger partial charge on any atom is -0.293 e. The first-order chi connectivity index (χ1) is 14.7. The molecule has 2 heterocycles. The van der Waals surface area contributed by atoms with E-state index in [-0.39, 0.29) is 11.2 Å². The summed E-state index contributed by atoms with van der Waals surface area (Å²) < 4.78 is 26.7. The van der Waals surface area contributed by atoms with Gasteiger partial charge in [0.1, 0.15) is 20.7 Å². The van der Waals surface area contributed by atoms with Crippen LogP contribution in [-0.4, -0.2) is 39.7 Å². The highest BCUT2D eigenvalue weighted by molar-refractivity contribution is 7.91. The van der Waals surface area contributed by atoms with Crippen LogP contribution in [0, 0.1) is 6.92 Å². The molecule has 2 rings (SSSR count).